The number of hydrogen-bond donors (Lipinski definition) is 1. The first kappa shape index (κ1) is 23.4. The minimum absolute atomic E-state index is 0.182. The lowest BCUT2D eigenvalue weighted by atomic mass is 10.1. The van der Waals surface area contributed by atoms with Crippen molar-refractivity contribution in [1.29, 1.82) is 0 Å². The second-order valence-corrected chi connectivity index (χ2v) is 9.79. The van der Waals surface area contributed by atoms with Crippen LogP contribution in [0, 0.1) is 20.8 Å². The van der Waals surface area contributed by atoms with E-state index < -0.39 is 10.0 Å². The van der Waals surface area contributed by atoms with Gasteiger partial charge in [-0.25, -0.2) is 8.42 Å². The molecule has 3 aromatic rings. The van der Waals surface area contributed by atoms with Gasteiger partial charge in [0.05, 0.1) is 4.90 Å². The Kier molecular flexibility index (Phi) is 7.28. The topological polar surface area (TPSA) is 66.5 Å². The Labute approximate surface area is 190 Å². The van der Waals surface area contributed by atoms with Gasteiger partial charge >= 0.3 is 0 Å². The van der Waals surface area contributed by atoms with Crippen LogP contribution in [0.1, 0.15) is 32.6 Å². The van der Waals surface area contributed by atoms with Crippen LogP contribution in [0.5, 0.6) is 0 Å². The highest BCUT2D eigenvalue weighted by Crippen LogP contribution is 2.20. The van der Waals surface area contributed by atoms with Crippen molar-refractivity contribution < 1.29 is 13.2 Å². The lowest BCUT2D eigenvalue weighted by Crippen LogP contribution is -2.30. The first-order chi connectivity index (χ1) is 15.2. The molecule has 5 nitrogen and oxygen atoms in total. The summed E-state index contributed by atoms with van der Waals surface area (Å²) in [5.74, 6) is -0.213. The first-order valence-corrected chi connectivity index (χ1v) is 11.8. The molecule has 3 aromatic carbocycles. The predicted octanol–water partition coefficient (Wildman–Crippen LogP) is 5.24. The molecule has 0 bridgehead atoms. The van der Waals surface area contributed by atoms with Crippen LogP contribution < -0.4 is 5.32 Å². The van der Waals surface area contributed by atoms with Gasteiger partial charge < -0.3 is 5.32 Å². The summed E-state index contributed by atoms with van der Waals surface area (Å²) in [5, 5.41) is 2.90. The molecule has 3 rings (SSSR count). The van der Waals surface area contributed by atoms with Crippen LogP contribution in [0.15, 0.2) is 84.3 Å². The van der Waals surface area contributed by atoms with Crippen molar-refractivity contribution >= 4 is 21.6 Å². The summed E-state index contributed by atoms with van der Waals surface area (Å²) in [7, 11) is -3.67. The van der Waals surface area contributed by atoms with Crippen molar-refractivity contribution in [2.24, 2.45) is 0 Å². The molecule has 0 heterocycles. The maximum Gasteiger partial charge on any atom is 0.255 e. The number of nitrogens with zero attached hydrogens (tertiary/aromatic N) is 1. The number of hydrogen-bond acceptors (Lipinski definition) is 3. The van der Waals surface area contributed by atoms with Crippen LogP contribution in [-0.4, -0.2) is 25.2 Å². The average Bonchev–Trinajstić information content (AvgIpc) is 2.77. The molecular formula is C26H28N2O3S. The Morgan fingerprint density at radius 1 is 0.938 bits per heavy atom. The van der Waals surface area contributed by atoms with Gasteiger partial charge in [0.15, 0.2) is 0 Å². The maximum absolute atomic E-state index is 13.1. The van der Waals surface area contributed by atoms with E-state index in [2.05, 4.69) is 11.9 Å². The van der Waals surface area contributed by atoms with Gasteiger partial charge in [-0.05, 0) is 73.9 Å². The Bertz CT molecular complexity index is 1210. The average molecular weight is 449 g/mol. The van der Waals surface area contributed by atoms with Crippen LogP contribution >= 0.6 is 0 Å². The molecule has 0 aliphatic rings. The fourth-order valence-electron chi connectivity index (χ4n) is 3.24. The third kappa shape index (κ3) is 5.52. The first-order valence-electron chi connectivity index (χ1n) is 10.4. The third-order valence-corrected chi connectivity index (χ3v) is 7.16. The molecule has 0 aromatic heterocycles. The van der Waals surface area contributed by atoms with Crippen LogP contribution in [0.25, 0.3) is 0 Å². The molecule has 0 atom stereocenters. The van der Waals surface area contributed by atoms with Crippen molar-refractivity contribution in [2.45, 2.75) is 32.2 Å². The van der Waals surface area contributed by atoms with Gasteiger partial charge in [-0.3, -0.25) is 4.79 Å². The van der Waals surface area contributed by atoms with E-state index in [0.29, 0.717) is 5.56 Å². The van der Waals surface area contributed by atoms with E-state index >= 15 is 0 Å². The quantitative estimate of drug-likeness (QED) is 0.479. The number of benzene rings is 3. The number of sulfonamides is 1. The molecule has 166 valence electrons. The van der Waals surface area contributed by atoms with Gasteiger partial charge in [-0.2, -0.15) is 4.31 Å². The van der Waals surface area contributed by atoms with Crippen LogP contribution in [-0.2, 0) is 16.6 Å². The van der Waals surface area contributed by atoms with Crippen molar-refractivity contribution in [3.8, 4) is 0 Å². The molecule has 1 amide bonds. The summed E-state index contributed by atoms with van der Waals surface area (Å²) >= 11 is 0. The van der Waals surface area contributed by atoms with Gasteiger partial charge in [0.2, 0.25) is 10.0 Å². The lowest BCUT2D eigenvalue weighted by molar-refractivity contribution is 0.102. The Balaban J connectivity index is 1.74. The minimum atomic E-state index is -3.67. The van der Waals surface area contributed by atoms with Crippen molar-refractivity contribution in [2.75, 3.05) is 11.9 Å². The van der Waals surface area contributed by atoms with Gasteiger partial charge in [0, 0.05) is 24.3 Å². The number of aryl methyl sites for hydroxylation is 3. The van der Waals surface area contributed by atoms with E-state index in [-0.39, 0.29) is 23.9 Å². The molecular weight excluding hydrogens is 420 g/mol. The van der Waals surface area contributed by atoms with Crippen LogP contribution in [0.4, 0.5) is 5.69 Å². The standard InChI is InChI=1S/C26H28N2O3S/c1-5-16-28(32(30,31)25-14-6-19(2)7-15-25)18-22-9-11-23(12-10-22)26(29)27-24-13-8-20(3)21(4)17-24/h5-15,17H,1,16,18H2,2-4H3,(H,27,29). The summed E-state index contributed by atoms with van der Waals surface area (Å²) in [5.41, 5.74) is 5.29. The normalized spacial score (nSPS) is 11.4. The summed E-state index contributed by atoms with van der Waals surface area (Å²) in [6.45, 7) is 9.99. The number of anilines is 1. The van der Waals surface area contributed by atoms with Crippen LogP contribution in [0.3, 0.4) is 0 Å². The summed E-state index contributed by atoms with van der Waals surface area (Å²) < 4.78 is 27.5. The molecule has 0 unspecified atom stereocenters. The summed E-state index contributed by atoms with van der Waals surface area (Å²) in [6.07, 6.45) is 1.57. The largest absolute Gasteiger partial charge is 0.322 e. The molecule has 0 radical (unpaired) electrons. The molecule has 0 saturated heterocycles. The van der Waals surface area contributed by atoms with Crippen molar-refractivity contribution in [3.05, 3.63) is 107 Å². The highest BCUT2D eigenvalue weighted by atomic mass is 32.2. The van der Waals surface area contributed by atoms with Gasteiger partial charge in [-0.15, -0.1) is 6.58 Å². The minimum Gasteiger partial charge on any atom is -0.322 e. The molecule has 6 heteroatoms. The van der Waals surface area contributed by atoms with Crippen molar-refractivity contribution in [3.63, 3.8) is 0 Å². The smallest absolute Gasteiger partial charge is 0.255 e. The van der Waals surface area contributed by atoms with Crippen molar-refractivity contribution in [1.82, 2.24) is 4.31 Å². The third-order valence-electron chi connectivity index (χ3n) is 5.33. The van der Waals surface area contributed by atoms with Gasteiger partial charge in [0.25, 0.3) is 5.91 Å². The second-order valence-electron chi connectivity index (χ2n) is 7.85. The van der Waals surface area contributed by atoms with Crippen LogP contribution in [0.2, 0.25) is 0 Å². The fourth-order valence-corrected chi connectivity index (χ4v) is 4.64. The highest BCUT2D eigenvalue weighted by molar-refractivity contribution is 7.89. The molecule has 0 saturated carbocycles. The van der Waals surface area contributed by atoms with E-state index in [0.717, 1.165) is 27.9 Å². The molecule has 0 aliphatic carbocycles. The van der Waals surface area contributed by atoms with E-state index in [1.807, 2.05) is 39.0 Å². The van der Waals surface area contributed by atoms with Gasteiger partial charge in [-0.1, -0.05) is 42.0 Å². The Hall–Kier alpha value is -3.22. The van der Waals surface area contributed by atoms with Gasteiger partial charge in [0.1, 0.15) is 0 Å². The zero-order chi connectivity index (χ0) is 23.3. The van der Waals surface area contributed by atoms with E-state index in [1.54, 1.807) is 54.6 Å². The SMILES string of the molecule is C=CCN(Cc1ccc(C(=O)Nc2ccc(C)c(C)c2)cc1)S(=O)(=O)c1ccc(C)cc1. The summed E-state index contributed by atoms with van der Waals surface area (Å²) in [4.78, 5) is 12.8. The number of amides is 1. The fraction of sp³-hybridized carbons (Fsp3) is 0.192. The number of nitrogens with one attached hydrogen (secondary N) is 1. The molecule has 1 N–H and O–H groups in total. The number of rotatable bonds is 8. The predicted molar refractivity (Wildman–Crippen MR) is 129 cm³/mol. The summed E-state index contributed by atoms with van der Waals surface area (Å²) in [6, 6.07) is 19.5. The Morgan fingerprint density at radius 2 is 1.59 bits per heavy atom. The zero-order valence-electron chi connectivity index (χ0n) is 18.6. The second kappa shape index (κ2) is 9.94. The monoisotopic (exact) mass is 448 g/mol. The van der Waals surface area contributed by atoms with E-state index in [1.165, 1.54) is 4.31 Å². The molecule has 0 spiro atoms. The number of carbonyl (C=O) groups is 1. The van der Waals surface area contributed by atoms with E-state index in [9.17, 15) is 13.2 Å². The number of carbonyl (C=O) groups excluding carboxylic acids is 1. The highest BCUT2D eigenvalue weighted by Gasteiger charge is 2.23. The molecule has 32 heavy (non-hydrogen) atoms. The zero-order valence-corrected chi connectivity index (χ0v) is 19.4. The Morgan fingerprint density at radius 3 is 2.19 bits per heavy atom. The maximum atomic E-state index is 13.1. The lowest BCUT2D eigenvalue weighted by Gasteiger charge is -2.21. The molecule has 0 aliphatic heterocycles. The van der Waals surface area contributed by atoms with E-state index in [4.69, 9.17) is 0 Å². The molecule has 0 fully saturated rings.